The van der Waals surface area contributed by atoms with Crippen LogP contribution in [0.25, 0.3) is 0 Å². The molecule has 2 fully saturated rings. The smallest absolute Gasteiger partial charge is 0.332 e. The lowest BCUT2D eigenvalue weighted by atomic mass is 9.66. The maximum absolute atomic E-state index is 12.4. The molecule has 0 aromatic carbocycles. The van der Waals surface area contributed by atoms with Crippen molar-refractivity contribution < 1.29 is 23.8 Å². The number of hydrogen-bond donors (Lipinski definition) is 1. The molecule has 1 unspecified atom stereocenters. The topological polar surface area (TPSA) is 73.9 Å². The summed E-state index contributed by atoms with van der Waals surface area (Å²) in [4.78, 5) is 24.3. The fraction of sp³-hybridized carbons (Fsp3) is 0.905. The van der Waals surface area contributed by atoms with Gasteiger partial charge < -0.3 is 19.5 Å². The van der Waals surface area contributed by atoms with E-state index in [2.05, 4.69) is 5.32 Å². The van der Waals surface area contributed by atoms with Crippen LogP contribution in [-0.2, 0) is 23.8 Å². The molecule has 1 spiro atoms. The van der Waals surface area contributed by atoms with Crippen LogP contribution in [0.2, 0.25) is 0 Å². The minimum Gasteiger partial charge on any atom is -0.459 e. The minimum absolute atomic E-state index is 0.0109. The molecule has 2 aliphatic rings. The van der Waals surface area contributed by atoms with Crippen LogP contribution in [0.15, 0.2) is 0 Å². The summed E-state index contributed by atoms with van der Waals surface area (Å²) in [6, 6.07) is -0.225. The number of carbonyl (C=O) groups is 2. The minimum atomic E-state index is -0.483. The molecule has 6 heteroatoms. The fourth-order valence-corrected chi connectivity index (χ4v) is 4.04. The third kappa shape index (κ3) is 7.41. The van der Waals surface area contributed by atoms with Crippen LogP contribution in [0, 0.1) is 5.41 Å². The molecule has 1 saturated carbocycles. The highest BCUT2D eigenvalue weighted by molar-refractivity contribution is 5.76. The number of rotatable bonds is 4. The zero-order valence-corrected chi connectivity index (χ0v) is 17.9. The largest absolute Gasteiger partial charge is 0.459 e. The van der Waals surface area contributed by atoms with Gasteiger partial charge in [0.2, 0.25) is 0 Å². The molecular weight excluding hydrogens is 346 g/mol. The van der Waals surface area contributed by atoms with Gasteiger partial charge in [-0.2, -0.15) is 0 Å². The molecule has 1 heterocycles. The standard InChI is InChI=1S/C21H37NO5/c1-19(2,3)26-17(23)14-25-15-7-9-21(10-8-15)11-12-22-16(13-21)18(24)27-20(4,5)6/h15-16,22H,7-14H2,1-6H3. The van der Waals surface area contributed by atoms with Gasteiger partial charge in [-0.15, -0.1) is 0 Å². The van der Waals surface area contributed by atoms with Crippen molar-refractivity contribution in [1.29, 1.82) is 0 Å². The van der Waals surface area contributed by atoms with Gasteiger partial charge in [0.15, 0.2) is 0 Å². The van der Waals surface area contributed by atoms with E-state index in [0.29, 0.717) is 0 Å². The van der Waals surface area contributed by atoms with Gasteiger partial charge in [0, 0.05) is 0 Å². The highest BCUT2D eigenvalue weighted by atomic mass is 16.6. The second-order valence-corrected chi connectivity index (χ2v) is 10.1. The van der Waals surface area contributed by atoms with Gasteiger partial charge in [0.05, 0.1) is 6.10 Å². The Morgan fingerprint density at radius 3 is 2.11 bits per heavy atom. The normalized spacial score (nSPS) is 29.4. The molecule has 2 rings (SSSR count). The first-order valence-corrected chi connectivity index (χ1v) is 10.2. The molecule has 27 heavy (non-hydrogen) atoms. The van der Waals surface area contributed by atoms with E-state index in [4.69, 9.17) is 14.2 Å². The van der Waals surface area contributed by atoms with Crippen molar-refractivity contribution in [3.05, 3.63) is 0 Å². The van der Waals surface area contributed by atoms with E-state index in [9.17, 15) is 9.59 Å². The third-order valence-corrected chi connectivity index (χ3v) is 5.22. The highest BCUT2D eigenvalue weighted by Crippen LogP contribution is 2.45. The Labute approximate surface area is 163 Å². The molecule has 1 saturated heterocycles. The Morgan fingerprint density at radius 2 is 1.56 bits per heavy atom. The van der Waals surface area contributed by atoms with E-state index < -0.39 is 11.2 Å². The summed E-state index contributed by atoms with van der Waals surface area (Å²) >= 11 is 0. The third-order valence-electron chi connectivity index (χ3n) is 5.22. The Bertz CT molecular complexity index is 524. The predicted molar refractivity (Wildman–Crippen MR) is 103 cm³/mol. The van der Waals surface area contributed by atoms with E-state index in [0.717, 1.165) is 45.1 Å². The van der Waals surface area contributed by atoms with Crippen molar-refractivity contribution in [3.63, 3.8) is 0 Å². The Morgan fingerprint density at radius 1 is 0.963 bits per heavy atom. The molecular formula is C21H37NO5. The van der Waals surface area contributed by atoms with Gasteiger partial charge in [0.1, 0.15) is 23.9 Å². The maximum Gasteiger partial charge on any atom is 0.332 e. The van der Waals surface area contributed by atoms with Crippen LogP contribution < -0.4 is 5.32 Å². The predicted octanol–water partition coefficient (Wildman–Crippen LogP) is 3.37. The zero-order chi connectivity index (χ0) is 20.3. The summed E-state index contributed by atoms with van der Waals surface area (Å²) in [6.45, 7) is 12.1. The van der Waals surface area contributed by atoms with Crippen molar-refractivity contribution >= 4 is 11.9 Å². The first kappa shape index (κ1) is 22.2. The Kier molecular flexibility index (Phi) is 6.96. The number of esters is 2. The number of nitrogens with one attached hydrogen (secondary N) is 1. The van der Waals surface area contributed by atoms with E-state index in [1.165, 1.54) is 0 Å². The van der Waals surface area contributed by atoms with Gasteiger partial charge in [-0.25, -0.2) is 4.79 Å². The van der Waals surface area contributed by atoms with Gasteiger partial charge in [-0.1, -0.05) is 0 Å². The summed E-state index contributed by atoms with van der Waals surface area (Å²) < 4.78 is 16.6. The van der Waals surface area contributed by atoms with Crippen LogP contribution >= 0.6 is 0 Å². The van der Waals surface area contributed by atoms with Crippen LogP contribution in [0.5, 0.6) is 0 Å². The first-order chi connectivity index (χ1) is 12.4. The molecule has 1 N–H and O–H groups in total. The Hall–Kier alpha value is -1.14. The fourth-order valence-electron chi connectivity index (χ4n) is 4.04. The molecule has 0 aromatic heterocycles. The van der Waals surface area contributed by atoms with Crippen molar-refractivity contribution in [1.82, 2.24) is 5.32 Å². The van der Waals surface area contributed by atoms with E-state index in [1.807, 2.05) is 41.5 Å². The second-order valence-electron chi connectivity index (χ2n) is 10.1. The van der Waals surface area contributed by atoms with Crippen molar-refractivity contribution in [2.75, 3.05) is 13.2 Å². The van der Waals surface area contributed by atoms with Crippen molar-refractivity contribution in [3.8, 4) is 0 Å². The molecule has 0 radical (unpaired) electrons. The second kappa shape index (κ2) is 8.48. The first-order valence-electron chi connectivity index (χ1n) is 10.2. The zero-order valence-electron chi connectivity index (χ0n) is 17.9. The van der Waals surface area contributed by atoms with Crippen LogP contribution in [0.4, 0.5) is 0 Å². The van der Waals surface area contributed by atoms with Crippen LogP contribution in [0.3, 0.4) is 0 Å². The van der Waals surface area contributed by atoms with Crippen LogP contribution in [-0.4, -0.2) is 48.4 Å². The van der Waals surface area contributed by atoms with Gasteiger partial charge in [-0.3, -0.25) is 4.79 Å². The van der Waals surface area contributed by atoms with Crippen molar-refractivity contribution in [2.24, 2.45) is 5.41 Å². The lowest BCUT2D eigenvalue weighted by Crippen LogP contribution is -2.51. The molecule has 0 aromatic rings. The highest BCUT2D eigenvalue weighted by Gasteiger charge is 2.42. The van der Waals surface area contributed by atoms with Crippen molar-refractivity contribution in [2.45, 2.75) is 103 Å². The molecule has 1 atom stereocenters. The van der Waals surface area contributed by atoms with E-state index in [1.54, 1.807) is 0 Å². The molecule has 1 aliphatic carbocycles. The summed E-state index contributed by atoms with van der Waals surface area (Å²) in [5.74, 6) is -0.459. The summed E-state index contributed by atoms with van der Waals surface area (Å²) in [6.07, 6.45) is 5.87. The molecule has 0 bridgehead atoms. The van der Waals surface area contributed by atoms with Gasteiger partial charge in [-0.05, 0) is 92.0 Å². The average molecular weight is 384 g/mol. The molecule has 0 amide bonds. The summed E-state index contributed by atoms with van der Waals surface area (Å²) in [5, 5.41) is 3.32. The lowest BCUT2D eigenvalue weighted by molar-refractivity contribution is -0.165. The lowest BCUT2D eigenvalue weighted by Gasteiger charge is -2.45. The molecule has 156 valence electrons. The number of ether oxygens (including phenoxy) is 3. The number of carbonyl (C=O) groups excluding carboxylic acids is 2. The Balaban J connectivity index is 1.79. The maximum atomic E-state index is 12.4. The van der Waals surface area contributed by atoms with Gasteiger partial charge in [0.25, 0.3) is 0 Å². The molecule has 1 aliphatic heterocycles. The quantitative estimate of drug-likeness (QED) is 0.751. The van der Waals surface area contributed by atoms with Crippen LogP contribution in [0.1, 0.15) is 80.1 Å². The SMILES string of the molecule is CC(C)(C)OC(=O)COC1CCC2(CCNC(C(=O)OC(C)(C)C)C2)CC1. The average Bonchev–Trinajstić information content (AvgIpc) is 2.51. The van der Waals surface area contributed by atoms with E-state index in [-0.39, 0.29) is 36.1 Å². The number of hydrogen-bond acceptors (Lipinski definition) is 6. The monoisotopic (exact) mass is 383 g/mol. The molecule has 6 nitrogen and oxygen atoms in total. The van der Waals surface area contributed by atoms with Gasteiger partial charge >= 0.3 is 11.9 Å². The van der Waals surface area contributed by atoms with E-state index >= 15 is 0 Å². The summed E-state index contributed by atoms with van der Waals surface area (Å²) in [5.41, 5.74) is -0.766. The number of piperidine rings is 1. The summed E-state index contributed by atoms with van der Waals surface area (Å²) in [7, 11) is 0.